The van der Waals surface area contributed by atoms with Crippen LogP contribution in [0.1, 0.15) is 37.4 Å². The predicted molar refractivity (Wildman–Crippen MR) is 114 cm³/mol. The molecule has 2 amide bonds. The van der Waals surface area contributed by atoms with Crippen LogP contribution in [0.5, 0.6) is 0 Å². The minimum absolute atomic E-state index is 0.102. The van der Waals surface area contributed by atoms with Gasteiger partial charge in [-0.3, -0.25) is 24.6 Å². The summed E-state index contributed by atoms with van der Waals surface area (Å²) >= 11 is 1.56. The summed E-state index contributed by atoms with van der Waals surface area (Å²) < 4.78 is 0. The molecule has 0 radical (unpaired) electrons. The largest absolute Gasteiger partial charge is 0.272 e. The number of imide groups is 1. The van der Waals surface area contributed by atoms with Gasteiger partial charge in [-0.1, -0.05) is 36.4 Å². The van der Waals surface area contributed by atoms with Crippen molar-refractivity contribution < 1.29 is 14.5 Å². The van der Waals surface area contributed by atoms with E-state index < -0.39 is 0 Å². The first-order valence-corrected chi connectivity index (χ1v) is 10.3. The van der Waals surface area contributed by atoms with Crippen LogP contribution in [0.25, 0.3) is 0 Å². The lowest BCUT2D eigenvalue weighted by Crippen LogP contribution is -2.29. The van der Waals surface area contributed by atoms with Crippen molar-refractivity contribution in [1.29, 1.82) is 0 Å². The Hall–Kier alpha value is -3.45. The first-order valence-electron chi connectivity index (χ1n) is 9.35. The van der Waals surface area contributed by atoms with Crippen LogP contribution in [0.4, 0.5) is 5.69 Å². The molecule has 0 aliphatic carbocycles. The van der Waals surface area contributed by atoms with Crippen LogP contribution < -0.4 is 0 Å². The molecule has 0 saturated carbocycles. The lowest BCUT2D eigenvalue weighted by Gasteiger charge is -2.17. The molecule has 0 aromatic heterocycles. The molecule has 0 spiro atoms. The quantitative estimate of drug-likeness (QED) is 0.244. The summed E-state index contributed by atoms with van der Waals surface area (Å²) in [7, 11) is 0. The van der Waals surface area contributed by atoms with Gasteiger partial charge in [0.25, 0.3) is 17.5 Å². The summed E-state index contributed by atoms with van der Waals surface area (Å²) in [5, 5.41) is 11.0. The lowest BCUT2D eigenvalue weighted by atomic mass is 10.1. The van der Waals surface area contributed by atoms with Crippen LogP contribution >= 0.6 is 11.8 Å². The molecule has 0 unspecified atom stereocenters. The SMILES string of the molecule is Cc1cc(SCc2ccccc2CN2C(=O)c3ccccc3C2=O)ccc1[N+](=O)[O-]. The molecule has 0 atom stereocenters. The standard InChI is InChI=1S/C23H18N2O4S/c1-15-12-18(10-11-21(15)25(28)29)30-14-17-7-3-2-6-16(17)13-24-22(26)19-8-4-5-9-20(19)23(24)27/h2-12H,13-14H2,1H3. The van der Waals surface area contributed by atoms with E-state index in [0.717, 1.165) is 16.0 Å². The fraction of sp³-hybridized carbons (Fsp3) is 0.130. The number of carbonyl (C=O) groups is 2. The number of hydrogen-bond donors (Lipinski definition) is 0. The van der Waals surface area contributed by atoms with E-state index in [1.165, 1.54) is 11.0 Å². The highest BCUT2D eigenvalue weighted by Crippen LogP contribution is 2.30. The minimum Gasteiger partial charge on any atom is -0.270 e. The van der Waals surface area contributed by atoms with Gasteiger partial charge in [0.15, 0.2) is 0 Å². The first kappa shape index (κ1) is 19.8. The molecular formula is C23H18N2O4S. The smallest absolute Gasteiger partial charge is 0.270 e. The van der Waals surface area contributed by atoms with Crippen molar-refractivity contribution in [3.63, 3.8) is 0 Å². The van der Waals surface area contributed by atoms with Crippen molar-refractivity contribution in [2.45, 2.75) is 24.1 Å². The first-order chi connectivity index (χ1) is 14.5. The number of amides is 2. The number of rotatable bonds is 6. The van der Waals surface area contributed by atoms with Crippen LogP contribution in [0.15, 0.2) is 71.6 Å². The minimum atomic E-state index is -0.388. The summed E-state index contributed by atoms with van der Waals surface area (Å²) in [6.07, 6.45) is 0. The van der Waals surface area contributed by atoms with Crippen LogP contribution in [-0.2, 0) is 12.3 Å². The molecule has 4 rings (SSSR count). The van der Waals surface area contributed by atoms with E-state index >= 15 is 0 Å². The van der Waals surface area contributed by atoms with Gasteiger partial charge in [0.2, 0.25) is 0 Å². The third-order valence-corrected chi connectivity index (χ3v) is 6.13. The Labute approximate surface area is 177 Å². The van der Waals surface area contributed by atoms with Gasteiger partial charge in [0.1, 0.15) is 0 Å². The Morgan fingerprint density at radius 3 is 2.10 bits per heavy atom. The van der Waals surface area contributed by atoms with Crippen molar-refractivity contribution in [3.8, 4) is 0 Å². The zero-order valence-corrected chi connectivity index (χ0v) is 17.0. The number of carbonyl (C=O) groups excluding carboxylic acids is 2. The van der Waals surface area contributed by atoms with Gasteiger partial charge in [-0.05, 0) is 42.3 Å². The normalized spacial score (nSPS) is 12.9. The van der Waals surface area contributed by atoms with Crippen molar-refractivity contribution in [1.82, 2.24) is 4.90 Å². The highest BCUT2D eigenvalue weighted by atomic mass is 32.2. The Kier molecular flexibility index (Phi) is 5.37. The predicted octanol–water partition coefficient (Wildman–Crippen LogP) is 4.99. The second kappa shape index (κ2) is 8.12. The lowest BCUT2D eigenvalue weighted by molar-refractivity contribution is -0.385. The molecule has 0 fully saturated rings. The summed E-state index contributed by atoms with van der Waals surface area (Å²) in [4.78, 5) is 38.2. The van der Waals surface area contributed by atoms with Crippen molar-refractivity contribution in [2.75, 3.05) is 0 Å². The van der Waals surface area contributed by atoms with E-state index in [1.807, 2.05) is 24.3 Å². The second-order valence-electron chi connectivity index (χ2n) is 7.00. The van der Waals surface area contributed by atoms with E-state index in [4.69, 9.17) is 0 Å². The van der Waals surface area contributed by atoms with E-state index in [9.17, 15) is 19.7 Å². The molecule has 30 heavy (non-hydrogen) atoms. The van der Waals surface area contributed by atoms with Gasteiger partial charge in [-0.25, -0.2) is 0 Å². The molecule has 3 aromatic rings. The molecular weight excluding hydrogens is 400 g/mol. The molecule has 0 bridgehead atoms. The summed E-state index contributed by atoms with van der Waals surface area (Å²) in [5.41, 5.74) is 3.51. The Bertz CT molecular complexity index is 1140. The summed E-state index contributed by atoms with van der Waals surface area (Å²) in [5.74, 6) is 0.0736. The Morgan fingerprint density at radius 1 is 0.900 bits per heavy atom. The van der Waals surface area contributed by atoms with Crippen molar-refractivity contribution in [2.24, 2.45) is 0 Å². The molecule has 1 aliphatic heterocycles. The van der Waals surface area contributed by atoms with E-state index in [0.29, 0.717) is 22.4 Å². The van der Waals surface area contributed by atoms with Crippen molar-refractivity contribution >= 4 is 29.3 Å². The third kappa shape index (κ3) is 3.71. The van der Waals surface area contributed by atoms with Crippen molar-refractivity contribution in [3.05, 3.63) is 105 Å². The number of nitro benzene ring substituents is 1. The maximum absolute atomic E-state index is 12.7. The number of aryl methyl sites for hydroxylation is 1. The average Bonchev–Trinajstić information content (AvgIpc) is 2.98. The van der Waals surface area contributed by atoms with Crippen LogP contribution in [0.2, 0.25) is 0 Å². The topological polar surface area (TPSA) is 80.5 Å². The zero-order chi connectivity index (χ0) is 21.3. The average molecular weight is 418 g/mol. The van der Waals surface area contributed by atoms with Gasteiger partial charge in [-0.15, -0.1) is 11.8 Å². The summed E-state index contributed by atoms with van der Waals surface area (Å²) in [6, 6.07) is 19.6. The number of benzene rings is 3. The monoisotopic (exact) mass is 418 g/mol. The molecule has 0 saturated heterocycles. The van der Waals surface area contributed by atoms with Gasteiger partial charge in [0, 0.05) is 22.3 Å². The maximum Gasteiger partial charge on any atom is 0.272 e. The van der Waals surface area contributed by atoms with Gasteiger partial charge < -0.3 is 0 Å². The number of hydrogen-bond acceptors (Lipinski definition) is 5. The zero-order valence-electron chi connectivity index (χ0n) is 16.2. The highest BCUT2D eigenvalue weighted by Gasteiger charge is 2.35. The van der Waals surface area contributed by atoms with Gasteiger partial charge in [-0.2, -0.15) is 0 Å². The fourth-order valence-corrected chi connectivity index (χ4v) is 4.52. The number of thioether (sulfide) groups is 1. The Balaban J connectivity index is 1.51. The van der Waals surface area contributed by atoms with E-state index in [1.54, 1.807) is 55.1 Å². The Morgan fingerprint density at radius 2 is 1.50 bits per heavy atom. The van der Waals surface area contributed by atoms with E-state index in [2.05, 4.69) is 0 Å². The van der Waals surface area contributed by atoms with Gasteiger partial charge in [0.05, 0.1) is 22.6 Å². The number of nitrogens with zero attached hydrogens (tertiary/aromatic N) is 2. The number of nitro groups is 1. The summed E-state index contributed by atoms with van der Waals surface area (Å²) in [6.45, 7) is 1.93. The van der Waals surface area contributed by atoms with E-state index in [-0.39, 0.29) is 29.0 Å². The molecule has 6 nitrogen and oxygen atoms in total. The maximum atomic E-state index is 12.7. The molecule has 7 heteroatoms. The van der Waals surface area contributed by atoms with Crippen LogP contribution in [0, 0.1) is 17.0 Å². The van der Waals surface area contributed by atoms with Gasteiger partial charge >= 0.3 is 0 Å². The third-order valence-electron chi connectivity index (χ3n) is 5.08. The molecule has 1 aliphatic rings. The molecule has 0 N–H and O–H groups in total. The van der Waals surface area contributed by atoms with Crippen LogP contribution in [0.3, 0.4) is 0 Å². The second-order valence-corrected chi connectivity index (χ2v) is 8.05. The number of fused-ring (bicyclic) bond motifs is 1. The fourth-order valence-electron chi connectivity index (χ4n) is 3.49. The molecule has 1 heterocycles. The molecule has 150 valence electrons. The molecule has 3 aromatic carbocycles. The highest BCUT2D eigenvalue weighted by molar-refractivity contribution is 7.98. The van der Waals surface area contributed by atoms with Crippen LogP contribution in [-0.4, -0.2) is 21.6 Å².